The maximum atomic E-state index is 13.2. The summed E-state index contributed by atoms with van der Waals surface area (Å²) in [5, 5.41) is 0. The molecule has 8 heteroatoms. The van der Waals surface area contributed by atoms with Crippen LogP contribution in [0.25, 0.3) is 11.3 Å². The molecule has 2 aliphatic heterocycles. The van der Waals surface area contributed by atoms with Gasteiger partial charge in [-0.15, -0.1) is 0 Å². The highest BCUT2D eigenvalue weighted by Gasteiger charge is 2.38. The Labute approximate surface area is 156 Å². The number of rotatable bonds is 4. The lowest BCUT2D eigenvalue weighted by molar-refractivity contribution is -0.138. The van der Waals surface area contributed by atoms with Gasteiger partial charge in [-0.3, -0.25) is 9.88 Å². The number of hydrogen-bond acceptors (Lipinski definition) is 4. The van der Waals surface area contributed by atoms with E-state index in [0.29, 0.717) is 23.3 Å². The van der Waals surface area contributed by atoms with Gasteiger partial charge in [-0.05, 0) is 13.0 Å². The number of halogens is 3. The Morgan fingerprint density at radius 2 is 1.89 bits per heavy atom. The number of aromatic nitrogens is 3. The van der Waals surface area contributed by atoms with E-state index in [1.807, 2.05) is 20.0 Å². The van der Waals surface area contributed by atoms with E-state index in [2.05, 4.69) is 19.4 Å². The van der Waals surface area contributed by atoms with Crippen LogP contribution in [0.3, 0.4) is 0 Å². The van der Waals surface area contributed by atoms with Crippen LogP contribution < -0.4 is 0 Å². The zero-order valence-electron chi connectivity index (χ0n) is 15.6. The number of likely N-dealkylation sites (tertiary alicyclic amines) is 1. The topological polar surface area (TPSA) is 43.2 Å². The average Bonchev–Trinajstić information content (AvgIpc) is 2.92. The minimum atomic E-state index is -4.42. The molecule has 0 unspecified atom stereocenters. The summed E-state index contributed by atoms with van der Waals surface area (Å²) in [7, 11) is 0. The van der Waals surface area contributed by atoms with E-state index in [-0.39, 0.29) is 11.6 Å². The third-order valence-corrected chi connectivity index (χ3v) is 5.39. The number of nitrogens with zero attached hydrogens (tertiary/aromatic N) is 4. The third kappa shape index (κ3) is 3.36. The van der Waals surface area contributed by atoms with E-state index >= 15 is 0 Å². The fourth-order valence-electron chi connectivity index (χ4n) is 3.62. The van der Waals surface area contributed by atoms with Gasteiger partial charge in [0, 0.05) is 42.7 Å². The lowest BCUT2D eigenvalue weighted by atomic mass is 10.0. The molecule has 27 heavy (non-hydrogen) atoms. The van der Waals surface area contributed by atoms with Gasteiger partial charge < -0.3 is 9.30 Å². The average molecular weight is 380 g/mol. The molecule has 2 aliphatic rings. The minimum Gasteiger partial charge on any atom is -0.378 e. The van der Waals surface area contributed by atoms with Crippen molar-refractivity contribution in [2.24, 2.45) is 0 Å². The Morgan fingerprint density at radius 1 is 1.19 bits per heavy atom. The molecule has 0 saturated carbocycles. The van der Waals surface area contributed by atoms with E-state index in [1.54, 1.807) is 0 Å². The number of imidazole rings is 1. The Morgan fingerprint density at radius 3 is 2.44 bits per heavy atom. The minimum absolute atomic E-state index is 0.0212. The first-order chi connectivity index (χ1) is 12.7. The zero-order chi connectivity index (χ0) is 19.3. The van der Waals surface area contributed by atoms with Crippen LogP contribution in [0.5, 0.6) is 0 Å². The fraction of sp³-hybridized carbons (Fsp3) is 0.579. The molecular formula is C19H23F3N4O. The molecule has 4 heterocycles. The number of ether oxygens (including phenoxy) is 1. The van der Waals surface area contributed by atoms with Gasteiger partial charge in [0.15, 0.2) is 0 Å². The smallest absolute Gasteiger partial charge is 0.378 e. The second-order valence-corrected chi connectivity index (χ2v) is 7.70. The largest absolute Gasteiger partial charge is 0.418 e. The summed E-state index contributed by atoms with van der Waals surface area (Å²) in [6.45, 7) is 8.88. The van der Waals surface area contributed by atoms with E-state index in [9.17, 15) is 13.2 Å². The molecular weight excluding hydrogens is 357 g/mol. The first kappa shape index (κ1) is 18.4. The molecule has 2 fully saturated rings. The number of alkyl halides is 3. The molecule has 2 saturated heterocycles. The molecule has 0 N–H and O–H groups in total. The van der Waals surface area contributed by atoms with Crippen LogP contribution in [0, 0.1) is 6.92 Å². The molecule has 0 radical (unpaired) electrons. The SMILES string of the molecule is Cc1ncc(-c2cn(C3CN(C4COC4)C3)c(C(C)C)n2)cc1C(F)(F)F. The quantitative estimate of drug-likeness (QED) is 0.812. The Bertz CT molecular complexity index is 836. The van der Waals surface area contributed by atoms with Crippen LogP contribution in [0.1, 0.15) is 42.9 Å². The molecule has 5 nitrogen and oxygen atoms in total. The van der Waals surface area contributed by atoms with Crippen molar-refractivity contribution in [1.29, 1.82) is 0 Å². The van der Waals surface area contributed by atoms with Crippen molar-refractivity contribution in [2.75, 3.05) is 26.3 Å². The van der Waals surface area contributed by atoms with E-state index in [0.717, 1.165) is 38.2 Å². The van der Waals surface area contributed by atoms with Crippen molar-refractivity contribution >= 4 is 0 Å². The fourth-order valence-corrected chi connectivity index (χ4v) is 3.62. The standard InChI is InChI=1S/C19H23F3N4O/c1-11(2)18-24-17(13-4-16(19(20,21)22)12(3)23-5-13)8-26(18)14-6-25(7-14)15-9-27-10-15/h4-5,8,11,14-15H,6-7,9-10H2,1-3H3. The lowest BCUT2D eigenvalue weighted by Crippen LogP contribution is -2.59. The molecule has 0 aliphatic carbocycles. The first-order valence-electron chi connectivity index (χ1n) is 9.19. The van der Waals surface area contributed by atoms with E-state index in [4.69, 9.17) is 4.74 Å². The van der Waals surface area contributed by atoms with Crippen molar-refractivity contribution < 1.29 is 17.9 Å². The molecule has 0 spiro atoms. The van der Waals surface area contributed by atoms with E-state index < -0.39 is 11.7 Å². The van der Waals surface area contributed by atoms with Gasteiger partial charge in [0.25, 0.3) is 0 Å². The van der Waals surface area contributed by atoms with Crippen LogP contribution in [0.2, 0.25) is 0 Å². The van der Waals surface area contributed by atoms with Crippen molar-refractivity contribution in [3.63, 3.8) is 0 Å². The molecule has 2 aromatic rings. The van der Waals surface area contributed by atoms with Crippen molar-refractivity contribution in [3.05, 3.63) is 35.5 Å². The van der Waals surface area contributed by atoms with Gasteiger partial charge in [-0.25, -0.2) is 4.98 Å². The Balaban J connectivity index is 1.63. The first-order valence-corrected chi connectivity index (χ1v) is 9.19. The van der Waals surface area contributed by atoms with Crippen molar-refractivity contribution in [2.45, 2.75) is 44.9 Å². The van der Waals surface area contributed by atoms with Crippen LogP contribution in [0.4, 0.5) is 13.2 Å². The van der Waals surface area contributed by atoms with Crippen LogP contribution in [0.15, 0.2) is 18.5 Å². The van der Waals surface area contributed by atoms with Crippen LogP contribution in [-0.2, 0) is 10.9 Å². The third-order valence-electron chi connectivity index (χ3n) is 5.39. The molecule has 4 rings (SSSR count). The van der Waals surface area contributed by atoms with E-state index in [1.165, 1.54) is 13.1 Å². The predicted molar refractivity (Wildman–Crippen MR) is 94.5 cm³/mol. The maximum absolute atomic E-state index is 13.2. The molecule has 0 aromatic carbocycles. The van der Waals surface area contributed by atoms with Gasteiger partial charge in [-0.1, -0.05) is 13.8 Å². The summed E-state index contributed by atoms with van der Waals surface area (Å²) in [5.74, 6) is 1.08. The van der Waals surface area contributed by atoms with Gasteiger partial charge in [0.05, 0.1) is 36.6 Å². The molecule has 0 amide bonds. The lowest BCUT2D eigenvalue weighted by Gasteiger charge is -2.48. The summed E-state index contributed by atoms with van der Waals surface area (Å²) in [6.07, 6.45) is -1.07. The summed E-state index contributed by atoms with van der Waals surface area (Å²) in [4.78, 5) is 11.0. The normalized spacial score (nSPS) is 19.4. The van der Waals surface area contributed by atoms with Gasteiger partial charge in [0.2, 0.25) is 0 Å². The molecule has 146 valence electrons. The second kappa shape index (κ2) is 6.60. The highest BCUT2D eigenvalue weighted by atomic mass is 19.4. The van der Waals surface area contributed by atoms with Gasteiger partial charge >= 0.3 is 6.18 Å². The zero-order valence-corrected chi connectivity index (χ0v) is 15.6. The molecule has 0 atom stereocenters. The second-order valence-electron chi connectivity index (χ2n) is 7.70. The Hall–Kier alpha value is -1.93. The van der Waals surface area contributed by atoms with Gasteiger partial charge in [-0.2, -0.15) is 13.2 Å². The van der Waals surface area contributed by atoms with Gasteiger partial charge in [0.1, 0.15) is 5.82 Å². The highest BCUT2D eigenvalue weighted by molar-refractivity contribution is 5.59. The number of hydrogen-bond donors (Lipinski definition) is 0. The molecule has 2 aromatic heterocycles. The van der Waals surface area contributed by atoms with Crippen LogP contribution in [-0.4, -0.2) is 51.8 Å². The monoisotopic (exact) mass is 380 g/mol. The summed E-state index contributed by atoms with van der Waals surface area (Å²) < 4.78 is 47.0. The van der Waals surface area contributed by atoms with Crippen LogP contribution >= 0.6 is 0 Å². The summed E-state index contributed by atoms with van der Waals surface area (Å²) in [5.41, 5.74) is 0.215. The Kier molecular flexibility index (Phi) is 4.50. The van der Waals surface area contributed by atoms with Crippen molar-refractivity contribution in [3.8, 4) is 11.3 Å². The predicted octanol–water partition coefficient (Wildman–Crippen LogP) is 3.65. The molecule has 0 bridgehead atoms. The summed E-state index contributed by atoms with van der Waals surface area (Å²) in [6, 6.07) is 1.95. The number of pyridine rings is 1. The highest BCUT2D eigenvalue weighted by Crippen LogP contribution is 2.35. The van der Waals surface area contributed by atoms with Crippen molar-refractivity contribution in [1.82, 2.24) is 19.4 Å². The number of aryl methyl sites for hydroxylation is 1. The summed E-state index contributed by atoms with van der Waals surface area (Å²) >= 11 is 0. The maximum Gasteiger partial charge on any atom is 0.418 e.